The Bertz CT molecular complexity index is 2620. The van der Waals surface area contributed by atoms with E-state index in [2.05, 4.69) is 35.5 Å². The summed E-state index contributed by atoms with van der Waals surface area (Å²) in [5, 5.41) is 22.3. The Morgan fingerprint density at radius 2 is 0.923 bits per heavy atom. The molecule has 0 radical (unpaired) electrons. The number of rotatable bonds is 4. The van der Waals surface area contributed by atoms with Crippen molar-refractivity contribution < 1.29 is 19.7 Å². The van der Waals surface area contributed by atoms with Gasteiger partial charge in [0.2, 0.25) is 0 Å². The lowest BCUT2D eigenvalue weighted by Crippen LogP contribution is -1.97. The van der Waals surface area contributed by atoms with Crippen LogP contribution in [0.15, 0.2) is 146 Å². The average molecular weight is 675 g/mol. The van der Waals surface area contributed by atoms with Gasteiger partial charge < -0.3 is 31.2 Å². The number of benzene rings is 7. The summed E-state index contributed by atoms with van der Waals surface area (Å²) in [4.78, 5) is 0. The van der Waals surface area contributed by atoms with Crippen LogP contribution in [0.25, 0.3) is 10.8 Å². The van der Waals surface area contributed by atoms with E-state index in [-0.39, 0.29) is 22.9 Å². The number of fused-ring (bicyclic) bond motifs is 1. The molecule has 52 heavy (non-hydrogen) atoms. The van der Waals surface area contributed by atoms with Crippen LogP contribution in [0.1, 0.15) is 33.4 Å². The second-order valence-electron chi connectivity index (χ2n) is 11.7. The quantitative estimate of drug-likeness (QED) is 0.0842. The van der Waals surface area contributed by atoms with Crippen molar-refractivity contribution in [1.29, 1.82) is 0 Å². The van der Waals surface area contributed by atoms with Crippen LogP contribution in [0.3, 0.4) is 0 Å². The van der Waals surface area contributed by atoms with Gasteiger partial charge in [-0.05, 0) is 84.2 Å². The lowest BCUT2D eigenvalue weighted by Gasteiger charge is -2.16. The van der Waals surface area contributed by atoms with Crippen LogP contribution in [0.5, 0.6) is 34.5 Å². The highest BCUT2D eigenvalue weighted by atomic mass is 16.5. The normalized spacial score (nSPS) is 10.2. The number of aromatic hydroxyl groups is 2. The van der Waals surface area contributed by atoms with Crippen LogP contribution in [0.2, 0.25) is 0 Å². The van der Waals surface area contributed by atoms with E-state index in [9.17, 15) is 10.2 Å². The second kappa shape index (κ2) is 14.8. The number of hydrogen-bond acceptors (Lipinski definition) is 6. The maximum Gasteiger partial charge on any atom is 0.159 e. The molecule has 0 aliphatic heterocycles. The van der Waals surface area contributed by atoms with Gasteiger partial charge in [0.25, 0.3) is 0 Å². The van der Waals surface area contributed by atoms with E-state index in [1.165, 1.54) is 12.1 Å². The van der Waals surface area contributed by atoms with E-state index in [0.29, 0.717) is 39.7 Å². The summed E-state index contributed by atoms with van der Waals surface area (Å²) < 4.78 is 12.9. The lowest BCUT2D eigenvalue weighted by molar-refractivity contribution is 0.455. The largest absolute Gasteiger partial charge is 0.506 e. The first kappa shape index (κ1) is 32.8. The van der Waals surface area contributed by atoms with Crippen molar-refractivity contribution >= 4 is 22.1 Å². The minimum Gasteiger partial charge on any atom is -0.506 e. The van der Waals surface area contributed by atoms with E-state index in [1.807, 2.05) is 109 Å². The first-order valence-electron chi connectivity index (χ1n) is 16.3. The van der Waals surface area contributed by atoms with Crippen LogP contribution in [0, 0.1) is 35.5 Å². The van der Waals surface area contributed by atoms with Gasteiger partial charge in [-0.25, -0.2) is 0 Å². The number of anilines is 2. The standard InChI is InChI=1S/C46H30N2O4/c47-41-24-21-37(29-43(41)49)51-45-28-36-26-35(20-17-32-12-6-2-7-13-32)46(52-38-22-25-42(48)44(50)30-38)39(23-18-33-14-8-3-9-15-33)40(36)27-34(45)19-16-31-10-4-1-5-11-31/h1-15,21-22,24-30,49-50H,47-48H2. The minimum atomic E-state index is -0.110. The summed E-state index contributed by atoms with van der Waals surface area (Å²) in [5.74, 6) is 21.1. The third kappa shape index (κ3) is 7.61. The Morgan fingerprint density at radius 3 is 1.44 bits per heavy atom. The zero-order chi connectivity index (χ0) is 35.9. The average Bonchev–Trinajstić information content (AvgIpc) is 3.17. The predicted molar refractivity (Wildman–Crippen MR) is 206 cm³/mol. The van der Waals surface area contributed by atoms with Gasteiger partial charge in [-0.1, -0.05) is 90.1 Å². The molecule has 0 spiro atoms. The smallest absolute Gasteiger partial charge is 0.159 e. The molecule has 7 rings (SSSR count). The molecule has 0 aliphatic carbocycles. The van der Waals surface area contributed by atoms with Gasteiger partial charge in [-0.3, -0.25) is 0 Å². The van der Waals surface area contributed by atoms with Crippen molar-refractivity contribution in [3.63, 3.8) is 0 Å². The molecule has 0 fully saturated rings. The Balaban J connectivity index is 1.51. The monoisotopic (exact) mass is 674 g/mol. The topological polar surface area (TPSA) is 111 Å². The van der Waals surface area contributed by atoms with Crippen LogP contribution in [-0.4, -0.2) is 10.2 Å². The van der Waals surface area contributed by atoms with Crippen molar-refractivity contribution in [3.8, 4) is 70.0 Å². The molecule has 0 saturated heterocycles. The molecule has 248 valence electrons. The number of ether oxygens (including phenoxy) is 2. The molecule has 6 nitrogen and oxygen atoms in total. The van der Waals surface area contributed by atoms with Gasteiger partial charge in [0.05, 0.1) is 28.1 Å². The van der Waals surface area contributed by atoms with Gasteiger partial charge in [-0.2, -0.15) is 0 Å². The van der Waals surface area contributed by atoms with Gasteiger partial charge in [-0.15, -0.1) is 0 Å². The molecule has 0 heterocycles. The van der Waals surface area contributed by atoms with E-state index in [1.54, 1.807) is 24.3 Å². The third-order valence-corrected chi connectivity index (χ3v) is 7.98. The highest BCUT2D eigenvalue weighted by molar-refractivity contribution is 5.95. The summed E-state index contributed by atoms with van der Waals surface area (Å²) in [7, 11) is 0. The molecule has 0 bridgehead atoms. The fraction of sp³-hybridized carbons (Fsp3) is 0. The number of nitrogens with two attached hydrogens (primary N) is 2. The zero-order valence-corrected chi connectivity index (χ0v) is 27.7. The van der Waals surface area contributed by atoms with Crippen molar-refractivity contribution in [1.82, 2.24) is 0 Å². The molecule has 6 N–H and O–H groups in total. The van der Waals surface area contributed by atoms with E-state index in [0.717, 1.165) is 27.5 Å². The summed E-state index contributed by atoms with van der Waals surface area (Å²) >= 11 is 0. The van der Waals surface area contributed by atoms with Crippen molar-refractivity contribution in [3.05, 3.63) is 179 Å². The van der Waals surface area contributed by atoms with Crippen LogP contribution in [0.4, 0.5) is 11.4 Å². The molecule has 0 aromatic heterocycles. The van der Waals surface area contributed by atoms with Crippen molar-refractivity contribution in [2.45, 2.75) is 0 Å². The fourth-order valence-electron chi connectivity index (χ4n) is 5.31. The Hall–Kier alpha value is -7.72. The summed E-state index contributed by atoms with van der Waals surface area (Å²) in [5.41, 5.74) is 16.4. The first-order chi connectivity index (χ1) is 25.4. The molecule has 7 aromatic rings. The van der Waals surface area contributed by atoms with Gasteiger partial charge in [0.1, 0.15) is 28.7 Å². The Kier molecular flexibility index (Phi) is 9.34. The highest BCUT2D eigenvalue weighted by Gasteiger charge is 2.18. The SMILES string of the molecule is Nc1ccc(Oc2cc3cc(C#Cc4ccccc4)c(Oc4ccc(N)c(O)c4)c(C#Cc4ccccc4)c3cc2C#Cc2ccccc2)cc1O. The molecule has 0 aliphatic rings. The zero-order valence-electron chi connectivity index (χ0n) is 27.7. The molecule has 0 unspecified atom stereocenters. The maximum atomic E-state index is 10.5. The van der Waals surface area contributed by atoms with E-state index >= 15 is 0 Å². The van der Waals surface area contributed by atoms with Crippen LogP contribution < -0.4 is 20.9 Å². The number of phenols is 2. The summed E-state index contributed by atoms with van der Waals surface area (Å²) in [6.45, 7) is 0. The summed E-state index contributed by atoms with van der Waals surface area (Å²) in [6, 6.07) is 44.0. The fourth-order valence-corrected chi connectivity index (χ4v) is 5.31. The van der Waals surface area contributed by atoms with Crippen molar-refractivity contribution in [2.75, 3.05) is 11.5 Å². The minimum absolute atomic E-state index is 0.0948. The Morgan fingerprint density at radius 1 is 0.442 bits per heavy atom. The van der Waals surface area contributed by atoms with Crippen LogP contribution in [-0.2, 0) is 0 Å². The number of nitrogen functional groups attached to an aromatic ring is 2. The molecule has 6 heteroatoms. The molecular weight excluding hydrogens is 645 g/mol. The molecule has 7 aromatic carbocycles. The molecule has 0 atom stereocenters. The van der Waals surface area contributed by atoms with Crippen LogP contribution >= 0.6 is 0 Å². The maximum absolute atomic E-state index is 10.5. The number of hydrogen-bond donors (Lipinski definition) is 4. The van der Waals surface area contributed by atoms with E-state index in [4.69, 9.17) is 20.9 Å². The molecule has 0 amide bonds. The van der Waals surface area contributed by atoms with Crippen molar-refractivity contribution in [2.24, 2.45) is 0 Å². The Labute approximate surface area is 301 Å². The van der Waals surface area contributed by atoms with Gasteiger partial charge in [0.15, 0.2) is 5.75 Å². The highest BCUT2D eigenvalue weighted by Crippen LogP contribution is 2.40. The van der Waals surface area contributed by atoms with E-state index < -0.39 is 0 Å². The predicted octanol–water partition coefficient (Wildman–Crippen LogP) is 9.20. The van der Waals surface area contributed by atoms with Gasteiger partial charge in [0, 0.05) is 34.2 Å². The molecular formula is C46H30N2O4. The second-order valence-corrected chi connectivity index (χ2v) is 11.7. The lowest BCUT2D eigenvalue weighted by atomic mass is 9.96. The third-order valence-electron chi connectivity index (χ3n) is 7.98. The molecule has 0 saturated carbocycles. The summed E-state index contributed by atoms with van der Waals surface area (Å²) in [6.07, 6.45) is 0. The van der Waals surface area contributed by atoms with Gasteiger partial charge >= 0.3 is 0 Å². The first-order valence-corrected chi connectivity index (χ1v) is 16.3. The number of phenolic OH excluding ortho intramolecular Hbond substituents is 2.